The lowest BCUT2D eigenvalue weighted by atomic mass is 10.0. The van der Waals surface area contributed by atoms with Crippen LogP contribution < -0.4 is 16.0 Å². The maximum Gasteiger partial charge on any atom is 0.326 e. The van der Waals surface area contributed by atoms with Crippen molar-refractivity contribution in [3.05, 3.63) is 0 Å². The molecule has 0 aliphatic carbocycles. The van der Waals surface area contributed by atoms with Gasteiger partial charge in [-0.1, -0.05) is 58.3 Å². The zero-order valence-corrected chi connectivity index (χ0v) is 24.2. The summed E-state index contributed by atoms with van der Waals surface area (Å²) in [5.41, 5.74) is 0. The average molecular weight is 574 g/mol. The number of hydrogen-bond donors (Lipinski definition) is 5. The van der Waals surface area contributed by atoms with Crippen molar-refractivity contribution in [3.63, 3.8) is 0 Å². The Balaban J connectivity index is 3.75. The molecule has 0 aliphatic heterocycles. The van der Waals surface area contributed by atoms with E-state index in [-0.39, 0.29) is 76.4 Å². The summed E-state index contributed by atoms with van der Waals surface area (Å²) in [7, 11) is 0. The van der Waals surface area contributed by atoms with E-state index < -0.39 is 18.0 Å². The maximum atomic E-state index is 12.1. The fourth-order valence-electron chi connectivity index (χ4n) is 3.83. The van der Waals surface area contributed by atoms with Crippen LogP contribution >= 0.6 is 0 Å². The first-order valence-electron chi connectivity index (χ1n) is 14.7. The van der Waals surface area contributed by atoms with Gasteiger partial charge >= 0.3 is 11.9 Å². The number of ether oxygens (including phenoxy) is 2. The Morgan fingerprint density at radius 3 is 1.75 bits per heavy atom. The lowest BCUT2D eigenvalue weighted by Gasteiger charge is -2.14. The molecule has 0 heterocycles. The van der Waals surface area contributed by atoms with Crippen LogP contribution in [0.1, 0.15) is 103 Å². The summed E-state index contributed by atoms with van der Waals surface area (Å²) in [6.45, 7) is 3.60. The van der Waals surface area contributed by atoms with Gasteiger partial charge in [0.2, 0.25) is 17.7 Å². The summed E-state index contributed by atoms with van der Waals surface area (Å²) in [6, 6.07) is -1.11. The molecule has 0 aromatic heterocycles. The molecule has 3 amide bonds. The van der Waals surface area contributed by atoms with Crippen LogP contribution in [0.5, 0.6) is 0 Å². The molecule has 0 fully saturated rings. The Labute approximate surface area is 238 Å². The van der Waals surface area contributed by atoms with Crippen LogP contribution in [0.2, 0.25) is 0 Å². The average Bonchev–Trinajstić information content (AvgIpc) is 2.91. The molecule has 0 radical (unpaired) electrons. The summed E-state index contributed by atoms with van der Waals surface area (Å²) >= 11 is 0. The zero-order chi connectivity index (χ0) is 29.8. The van der Waals surface area contributed by atoms with E-state index in [2.05, 4.69) is 16.0 Å². The highest BCUT2D eigenvalue weighted by atomic mass is 16.5. The van der Waals surface area contributed by atoms with Crippen molar-refractivity contribution < 1.29 is 43.7 Å². The normalized spacial score (nSPS) is 11.5. The standard InChI is InChI=1S/C28H51N3O9/c1-2-17-29-26(34)22-40-21-20-39-19-18-30-24(32)16-15-23(28(37)38)31-25(33)13-11-9-7-5-3-4-6-8-10-12-14-27(35)36/h23H,2-22H2,1H3,(H,29,34)(H,30,32)(H,31,33)(H,35,36)(H,37,38)/t23-/m0/s1. The number of hydrogen-bond acceptors (Lipinski definition) is 7. The molecule has 232 valence electrons. The SMILES string of the molecule is CCCNC(=O)COCCOCCNC(=O)CC[C@H](NC(=O)CCCCCCCCCCCCC(=O)O)C(=O)O. The molecule has 40 heavy (non-hydrogen) atoms. The lowest BCUT2D eigenvalue weighted by Crippen LogP contribution is -2.41. The number of rotatable bonds is 28. The van der Waals surface area contributed by atoms with Gasteiger partial charge in [0.05, 0.1) is 19.8 Å². The van der Waals surface area contributed by atoms with E-state index in [1.807, 2.05) is 6.92 Å². The van der Waals surface area contributed by atoms with Crippen molar-refractivity contribution in [2.45, 2.75) is 109 Å². The number of carbonyl (C=O) groups excluding carboxylic acids is 3. The molecule has 0 aliphatic rings. The molecular weight excluding hydrogens is 522 g/mol. The molecule has 12 heteroatoms. The Bertz CT molecular complexity index is 719. The summed E-state index contributed by atoms with van der Waals surface area (Å²) in [4.78, 5) is 57.5. The minimum atomic E-state index is -1.17. The quantitative estimate of drug-likeness (QED) is 0.0879. The highest BCUT2D eigenvalue weighted by Gasteiger charge is 2.20. The van der Waals surface area contributed by atoms with Crippen LogP contribution in [0, 0.1) is 0 Å². The maximum absolute atomic E-state index is 12.1. The van der Waals surface area contributed by atoms with E-state index in [1.54, 1.807) is 0 Å². The molecular formula is C28H51N3O9. The predicted molar refractivity (Wildman–Crippen MR) is 150 cm³/mol. The largest absolute Gasteiger partial charge is 0.481 e. The van der Waals surface area contributed by atoms with Crippen molar-refractivity contribution in [1.29, 1.82) is 0 Å². The van der Waals surface area contributed by atoms with Gasteiger partial charge in [-0.3, -0.25) is 19.2 Å². The Morgan fingerprint density at radius 1 is 0.625 bits per heavy atom. The van der Waals surface area contributed by atoms with Gasteiger partial charge in [-0.15, -0.1) is 0 Å². The third-order valence-electron chi connectivity index (χ3n) is 6.08. The summed E-state index contributed by atoms with van der Waals surface area (Å²) in [5.74, 6) is -2.73. The van der Waals surface area contributed by atoms with Gasteiger partial charge in [0, 0.05) is 32.4 Å². The molecule has 0 spiro atoms. The third-order valence-corrected chi connectivity index (χ3v) is 6.08. The van der Waals surface area contributed by atoms with Gasteiger partial charge in [-0.05, 0) is 25.7 Å². The van der Waals surface area contributed by atoms with Gasteiger partial charge in [-0.25, -0.2) is 4.79 Å². The molecule has 0 saturated heterocycles. The second kappa shape index (κ2) is 26.5. The van der Waals surface area contributed by atoms with Crippen molar-refractivity contribution in [2.24, 2.45) is 0 Å². The molecule has 0 aromatic rings. The number of carboxylic acids is 2. The van der Waals surface area contributed by atoms with Crippen LogP contribution in [-0.4, -0.2) is 85.4 Å². The first-order valence-corrected chi connectivity index (χ1v) is 14.7. The van der Waals surface area contributed by atoms with E-state index in [9.17, 15) is 29.1 Å². The molecule has 5 N–H and O–H groups in total. The van der Waals surface area contributed by atoms with Gasteiger partial charge < -0.3 is 35.6 Å². The summed E-state index contributed by atoms with van der Waals surface area (Å²) in [6.07, 6.45) is 11.1. The highest BCUT2D eigenvalue weighted by Crippen LogP contribution is 2.12. The first kappa shape index (κ1) is 37.3. The molecule has 0 aromatic carbocycles. The summed E-state index contributed by atoms with van der Waals surface area (Å²) < 4.78 is 10.5. The topological polar surface area (TPSA) is 180 Å². The van der Waals surface area contributed by atoms with Crippen LogP contribution in [-0.2, 0) is 33.4 Å². The fourth-order valence-corrected chi connectivity index (χ4v) is 3.83. The Morgan fingerprint density at radius 2 is 1.18 bits per heavy atom. The zero-order valence-electron chi connectivity index (χ0n) is 24.2. The van der Waals surface area contributed by atoms with Crippen LogP contribution in [0.3, 0.4) is 0 Å². The smallest absolute Gasteiger partial charge is 0.326 e. The van der Waals surface area contributed by atoms with Crippen molar-refractivity contribution >= 4 is 29.7 Å². The first-order chi connectivity index (χ1) is 19.3. The van der Waals surface area contributed by atoms with E-state index in [4.69, 9.17) is 14.6 Å². The third kappa shape index (κ3) is 25.5. The van der Waals surface area contributed by atoms with Crippen molar-refractivity contribution in [2.75, 3.05) is 39.5 Å². The number of amides is 3. The number of carbonyl (C=O) groups is 5. The number of nitrogens with one attached hydrogen (secondary N) is 3. The van der Waals surface area contributed by atoms with Gasteiger partial charge in [0.15, 0.2) is 0 Å². The molecule has 12 nitrogen and oxygen atoms in total. The number of aliphatic carboxylic acids is 2. The van der Waals surface area contributed by atoms with Gasteiger partial charge in [-0.2, -0.15) is 0 Å². The Hall–Kier alpha value is -2.73. The van der Waals surface area contributed by atoms with Gasteiger partial charge in [0.1, 0.15) is 12.6 Å². The van der Waals surface area contributed by atoms with Crippen LogP contribution in [0.25, 0.3) is 0 Å². The van der Waals surface area contributed by atoms with Crippen LogP contribution in [0.4, 0.5) is 0 Å². The van der Waals surface area contributed by atoms with Gasteiger partial charge in [0.25, 0.3) is 0 Å². The fraction of sp³-hybridized carbons (Fsp3) is 0.821. The van der Waals surface area contributed by atoms with E-state index >= 15 is 0 Å². The highest BCUT2D eigenvalue weighted by molar-refractivity contribution is 5.84. The van der Waals surface area contributed by atoms with E-state index in [1.165, 1.54) is 0 Å². The molecule has 0 rings (SSSR count). The second-order valence-electron chi connectivity index (χ2n) is 9.79. The second-order valence-corrected chi connectivity index (χ2v) is 9.79. The van der Waals surface area contributed by atoms with Crippen molar-refractivity contribution in [3.8, 4) is 0 Å². The van der Waals surface area contributed by atoms with E-state index in [0.717, 1.165) is 64.2 Å². The predicted octanol–water partition coefficient (Wildman–Crippen LogP) is 2.78. The molecule has 0 unspecified atom stereocenters. The van der Waals surface area contributed by atoms with Crippen molar-refractivity contribution in [1.82, 2.24) is 16.0 Å². The minimum Gasteiger partial charge on any atom is -0.481 e. The Kier molecular flexibility index (Phi) is 24.7. The molecule has 1 atom stereocenters. The van der Waals surface area contributed by atoms with E-state index in [0.29, 0.717) is 13.0 Å². The van der Waals surface area contributed by atoms with Crippen LogP contribution in [0.15, 0.2) is 0 Å². The number of carboxylic acid groups (broad SMARTS) is 2. The molecule has 0 bridgehead atoms. The molecule has 0 saturated carbocycles. The minimum absolute atomic E-state index is 0.00198. The summed E-state index contributed by atoms with van der Waals surface area (Å²) in [5, 5.41) is 25.8. The lowest BCUT2D eigenvalue weighted by molar-refractivity contribution is -0.142. The number of unbranched alkanes of at least 4 members (excludes halogenated alkanes) is 9. The monoisotopic (exact) mass is 573 g/mol.